The molecule has 0 aromatic heterocycles. The molecule has 0 aromatic carbocycles. The Hall–Kier alpha value is -0.340. The fraction of sp³-hybridized carbons (Fsp3) is 0.913. The summed E-state index contributed by atoms with van der Waals surface area (Å²) in [5, 5.41) is 21.9. The minimum atomic E-state index is -0.232. The number of rotatable bonds is 1. The van der Waals surface area contributed by atoms with E-state index in [0.717, 1.165) is 31.6 Å². The molecule has 4 aliphatic carbocycles. The molecule has 2 nitrogen and oxygen atoms in total. The second-order valence-electron chi connectivity index (χ2n) is 10.8. The maximum Gasteiger partial charge on any atom is 0.0628 e. The maximum absolute atomic E-state index is 11.3. The Labute approximate surface area is 154 Å². The molecule has 4 aliphatic rings. The molecule has 0 spiro atoms. The Morgan fingerprint density at radius 3 is 2.44 bits per heavy atom. The minimum absolute atomic E-state index is 0.128. The number of fused-ring (bicyclic) bond motifs is 5. The fourth-order valence-electron chi connectivity index (χ4n) is 8.03. The Balaban J connectivity index is 1.75. The molecule has 0 radical (unpaired) electrons. The molecule has 2 heteroatoms. The number of aliphatic hydroxyl groups excluding tert-OH is 2. The van der Waals surface area contributed by atoms with Gasteiger partial charge in [0.1, 0.15) is 0 Å². The van der Waals surface area contributed by atoms with E-state index in [4.69, 9.17) is 0 Å². The van der Waals surface area contributed by atoms with Crippen molar-refractivity contribution in [1.82, 2.24) is 0 Å². The van der Waals surface area contributed by atoms with Gasteiger partial charge in [-0.15, -0.1) is 0 Å². The van der Waals surface area contributed by atoms with E-state index in [1.165, 1.54) is 24.8 Å². The monoisotopic (exact) mass is 346 g/mol. The van der Waals surface area contributed by atoms with Gasteiger partial charge in [0.25, 0.3) is 0 Å². The Kier molecular flexibility index (Phi) is 4.03. The highest BCUT2D eigenvalue weighted by atomic mass is 16.3. The van der Waals surface area contributed by atoms with E-state index >= 15 is 0 Å². The van der Waals surface area contributed by atoms with Gasteiger partial charge in [0, 0.05) is 5.41 Å². The molecule has 0 bridgehead atoms. The van der Waals surface area contributed by atoms with E-state index in [2.05, 4.69) is 40.7 Å². The summed E-state index contributed by atoms with van der Waals surface area (Å²) in [6, 6.07) is 0. The van der Waals surface area contributed by atoms with Crippen LogP contribution in [-0.4, -0.2) is 22.4 Å². The third-order valence-corrected chi connectivity index (χ3v) is 9.86. The molecule has 3 fully saturated rings. The standard InChI is InChI=1S/C23H38O2/c1-6-14-11-12-22(4)17-9-8-16-15(7-10-19(25)21(16,2)3)20(17)18(24)13-23(14,22)5/h8,14-15,17-20,24-25H,6-7,9-13H2,1-5H3. The molecule has 0 heterocycles. The third-order valence-electron chi connectivity index (χ3n) is 9.86. The summed E-state index contributed by atoms with van der Waals surface area (Å²) >= 11 is 0. The Morgan fingerprint density at radius 1 is 1.04 bits per heavy atom. The minimum Gasteiger partial charge on any atom is -0.393 e. The predicted octanol–water partition coefficient (Wildman–Crippen LogP) is 4.94. The predicted molar refractivity (Wildman–Crippen MR) is 102 cm³/mol. The molecule has 0 aromatic rings. The van der Waals surface area contributed by atoms with E-state index in [1.54, 1.807) is 0 Å². The van der Waals surface area contributed by atoms with Gasteiger partial charge in [0.05, 0.1) is 12.2 Å². The number of hydrogen-bond acceptors (Lipinski definition) is 2. The van der Waals surface area contributed by atoms with Crippen molar-refractivity contribution in [3.8, 4) is 0 Å². The van der Waals surface area contributed by atoms with Gasteiger partial charge in [0.15, 0.2) is 0 Å². The van der Waals surface area contributed by atoms with Crippen LogP contribution in [0.2, 0.25) is 0 Å². The van der Waals surface area contributed by atoms with E-state index < -0.39 is 0 Å². The van der Waals surface area contributed by atoms with Gasteiger partial charge in [-0.1, -0.05) is 52.7 Å². The van der Waals surface area contributed by atoms with Crippen LogP contribution in [0.25, 0.3) is 0 Å². The van der Waals surface area contributed by atoms with E-state index in [-0.39, 0.29) is 23.0 Å². The van der Waals surface area contributed by atoms with Gasteiger partial charge in [-0.2, -0.15) is 0 Å². The molecule has 4 rings (SSSR count). The topological polar surface area (TPSA) is 40.5 Å². The summed E-state index contributed by atoms with van der Waals surface area (Å²) in [7, 11) is 0. The lowest BCUT2D eigenvalue weighted by Gasteiger charge is -2.62. The summed E-state index contributed by atoms with van der Waals surface area (Å²) in [6.45, 7) is 11.8. The Morgan fingerprint density at radius 2 is 1.76 bits per heavy atom. The van der Waals surface area contributed by atoms with Gasteiger partial charge < -0.3 is 10.2 Å². The Bertz CT molecular complexity index is 579. The molecule has 0 aliphatic heterocycles. The molecular weight excluding hydrogens is 308 g/mol. The second-order valence-corrected chi connectivity index (χ2v) is 10.8. The molecule has 142 valence electrons. The van der Waals surface area contributed by atoms with Crippen molar-refractivity contribution in [2.75, 3.05) is 0 Å². The van der Waals surface area contributed by atoms with Gasteiger partial charge in [0.2, 0.25) is 0 Å². The van der Waals surface area contributed by atoms with Crippen LogP contribution in [0.4, 0.5) is 0 Å². The normalized spacial score (nSPS) is 54.3. The highest BCUT2D eigenvalue weighted by Crippen LogP contribution is 2.70. The molecule has 25 heavy (non-hydrogen) atoms. The molecular formula is C23H38O2. The van der Waals surface area contributed by atoms with Crippen molar-refractivity contribution in [2.24, 2.45) is 39.9 Å². The van der Waals surface area contributed by atoms with Gasteiger partial charge in [-0.3, -0.25) is 0 Å². The fourth-order valence-corrected chi connectivity index (χ4v) is 8.03. The van der Waals surface area contributed by atoms with Crippen LogP contribution in [0.3, 0.4) is 0 Å². The molecule has 8 atom stereocenters. The van der Waals surface area contributed by atoms with Crippen LogP contribution < -0.4 is 0 Å². The molecule has 0 saturated heterocycles. The van der Waals surface area contributed by atoms with Gasteiger partial charge in [-0.05, 0) is 73.0 Å². The zero-order valence-electron chi connectivity index (χ0n) is 16.9. The van der Waals surface area contributed by atoms with Crippen LogP contribution in [0.15, 0.2) is 11.6 Å². The molecule has 0 amide bonds. The lowest BCUT2D eigenvalue weighted by Crippen LogP contribution is -2.58. The summed E-state index contributed by atoms with van der Waals surface area (Å²) in [5.74, 6) is 2.26. The zero-order valence-corrected chi connectivity index (χ0v) is 16.9. The lowest BCUT2D eigenvalue weighted by molar-refractivity contribution is -0.151. The SMILES string of the molecule is CCC1CCC2(C)C3CC=C4C(CCC(O)C4(C)C)C3C(O)CC12C. The van der Waals surface area contributed by atoms with Crippen molar-refractivity contribution in [1.29, 1.82) is 0 Å². The van der Waals surface area contributed by atoms with E-state index in [9.17, 15) is 10.2 Å². The van der Waals surface area contributed by atoms with E-state index in [1.807, 2.05) is 0 Å². The molecule has 2 N–H and O–H groups in total. The van der Waals surface area contributed by atoms with Crippen LogP contribution >= 0.6 is 0 Å². The maximum atomic E-state index is 11.3. The zero-order chi connectivity index (χ0) is 18.2. The number of allylic oxidation sites excluding steroid dienone is 1. The quantitative estimate of drug-likeness (QED) is 0.660. The smallest absolute Gasteiger partial charge is 0.0628 e. The highest BCUT2D eigenvalue weighted by molar-refractivity contribution is 5.28. The van der Waals surface area contributed by atoms with Crippen molar-refractivity contribution in [3.63, 3.8) is 0 Å². The summed E-state index contributed by atoms with van der Waals surface area (Å²) in [5.41, 5.74) is 1.97. The van der Waals surface area contributed by atoms with Crippen LogP contribution in [-0.2, 0) is 0 Å². The molecule has 8 unspecified atom stereocenters. The average Bonchev–Trinajstić information content (AvgIpc) is 2.82. The van der Waals surface area contributed by atoms with Crippen molar-refractivity contribution < 1.29 is 10.2 Å². The van der Waals surface area contributed by atoms with Gasteiger partial charge in [-0.25, -0.2) is 0 Å². The van der Waals surface area contributed by atoms with Crippen molar-refractivity contribution in [2.45, 2.75) is 91.8 Å². The van der Waals surface area contributed by atoms with Crippen LogP contribution in [0, 0.1) is 39.9 Å². The van der Waals surface area contributed by atoms with Crippen molar-refractivity contribution >= 4 is 0 Å². The third kappa shape index (κ3) is 2.16. The lowest BCUT2D eigenvalue weighted by atomic mass is 9.43. The summed E-state index contributed by atoms with van der Waals surface area (Å²) < 4.78 is 0. The molecule has 3 saturated carbocycles. The highest BCUT2D eigenvalue weighted by Gasteiger charge is 2.65. The number of hydrogen-bond donors (Lipinski definition) is 2. The average molecular weight is 347 g/mol. The first-order valence-electron chi connectivity index (χ1n) is 10.7. The summed E-state index contributed by atoms with van der Waals surface area (Å²) in [4.78, 5) is 0. The van der Waals surface area contributed by atoms with Crippen LogP contribution in [0.5, 0.6) is 0 Å². The first kappa shape index (κ1) is 18.0. The summed E-state index contributed by atoms with van der Waals surface area (Å²) in [6.07, 6.45) is 10.0. The van der Waals surface area contributed by atoms with Crippen LogP contribution in [0.1, 0.15) is 79.6 Å². The first-order chi connectivity index (χ1) is 11.7. The van der Waals surface area contributed by atoms with E-state index in [0.29, 0.717) is 23.2 Å². The largest absolute Gasteiger partial charge is 0.393 e. The van der Waals surface area contributed by atoms with Crippen molar-refractivity contribution in [3.05, 3.63) is 11.6 Å². The number of aliphatic hydroxyl groups is 2. The first-order valence-corrected chi connectivity index (χ1v) is 10.7. The second kappa shape index (κ2) is 5.58. The van der Waals surface area contributed by atoms with Gasteiger partial charge >= 0.3 is 0 Å².